The average molecular weight is 989 g/mol. The Balaban J connectivity index is 1.79. The Hall–Kier alpha value is -3.09. The molecule has 400 valence electrons. The highest BCUT2D eigenvalue weighted by Gasteiger charge is 2.47. The van der Waals surface area contributed by atoms with Crippen molar-refractivity contribution in [2.24, 2.45) is 0 Å². The molecule has 0 saturated carbocycles. The Labute approximate surface area is 420 Å². The van der Waals surface area contributed by atoms with Crippen LogP contribution in [0.3, 0.4) is 0 Å². The highest BCUT2D eigenvalue weighted by Crippen LogP contribution is 2.26. The van der Waals surface area contributed by atoms with E-state index in [-0.39, 0.29) is 19.6 Å². The fourth-order valence-electron chi connectivity index (χ4n) is 7.56. The van der Waals surface area contributed by atoms with Gasteiger partial charge in [-0.1, -0.05) is 150 Å². The van der Waals surface area contributed by atoms with Crippen LogP contribution in [-0.4, -0.2) is 142 Å². The molecule has 2 saturated heterocycles. The minimum Gasteiger partial charge on any atom is -0.457 e. The van der Waals surface area contributed by atoms with Gasteiger partial charge in [0.15, 0.2) is 12.6 Å². The molecular formula is C56H92O14. The summed E-state index contributed by atoms with van der Waals surface area (Å²) in [5, 5.41) is 72.1. The van der Waals surface area contributed by atoms with Crippen molar-refractivity contribution in [3.05, 3.63) is 97.2 Å². The van der Waals surface area contributed by atoms with Crippen LogP contribution in [0.15, 0.2) is 97.2 Å². The maximum Gasteiger partial charge on any atom is 0.306 e. The number of ether oxygens (including phenoxy) is 6. The smallest absolute Gasteiger partial charge is 0.306 e. The molecule has 14 heteroatoms. The van der Waals surface area contributed by atoms with Gasteiger partial charge in [-0.3, -0.25) is 4.79 Å². The molecular weight excluding hydrogens is 897 g/mol. The first-order valence-corrected chi connectivity index (χ1v) is 26.3. The van der Waals surface area contributed by atoms with Gasteiger partial charge in [0.25, 0.3) is 0 Å². The zero-order valence-electron chi connectivity index (χ0n) is 42.5. The van der Waals surface area contributed by atoms with Gasteiger partial charge in [-0.2, -0.15) is 0 Å². The molecule has 0 bridgehead atoms. The molecule has 7 N–H and O–H groups in total. The molecule has 2 heterocycles. The summed E-state index contributed by atoms with van der Waals surface area (Å²) < 4.78 is 34.2. The number of hydrogen-bond acceptors (Lipinski definition) is 14. The van der Waals surface area contributed by atoms with E-state index in [0.717, 1.165) is 77.0 Å². The predicted octanol–water partition coefficient (Wildman–Crippen LogP) is 8.24. The Bertz CT molecular complexity index is 1520. The largest absolute Gasteiger partial charge is 0.457 e. The van der Waals surface area contributed by atoms with Crippen LogP contribution in [0.5, 0.6) is 0 Å². The lowest BCUT2D eigenvalue weighted by atomic mass is 9.98. The van der Waals surface area contributed by atoms with Crippen molar-refractivity contribution in [3.8, 4) is 0 Å². The van der Waals surface area contributed by atoms with Crippen molar-refractivity contribution < 1.29 is 69.0 Å². The second kappa shape index (κ2) is 42.4. The van der Waals surface area contributed by atoms with E-state index in [1.807, 2.05) is 6.08 Å². The van der Waals surface area contributed by atoms with Gasteiger partial charge in [-0.25, -0.2) is 0 Å². The lowest BCUT2D eigenvalue weighted by molar-refractivity contribution is -0.332. The number of hydrogen-bond donors (Lipinski definition) is 7. The molecule has 0 aromatic heterocycles. The lowest BCUT2D eigenvalue weighted by Crippen LogP contribution is -2.61. The molecule has 70 heavy (non-hydrogen) atoms. The number of aliphatic hydroxyl groups is 7. The molecule has 11 unspecified atom stereocenters. The molecule has 0 spiro atoms. The molecule has 14 nitrogen and oxygen atoms in total. The van der Waals surface area contributed by atoms with Crippen LogP contribution < -0.4 is 0 Å². The average Bonchev–Trinajstić information content (AvgIpc) is 3.36. The zero-order valence-corrected chi connectivity index (χ0v) is 42.5. The zero-order chi connectivity index (χ0) is 50.9. The Kier molecular flexibility index (Phi) is 38.2. The summed E-state index contributed by atoms with van der Waals surface area (Å²) in [6.07, 6.45) is 39.0. The molecule has 0 amide bonds. The molecule has 0 radical (unpaired) electrons. The van der Waals surface area contributed by atoms with Gasteiger partial charge >= 0.3 is 5.97 Å². The highest BCUT2D eigenvalue weighted by atomic mass is 16.7. The molecule has 2 aliphatic rings. The molecule has 0 aromatic carbocycles. The Morgan fingerprint density at radius 3 is 1.47 bits per heavy atom. The number of aliphatic hydroxyl groups excluding tert-OH is 7. The maximum absolute atomic E-state index is 13.0. The second-order valence-corrected chi connectivity index (χ2v) is 18.0. The van der Waals surface area contributed by atoms with Gasteiger partial charge < -0.3 is 64.2 Å². The SMILES string of the molecule is CC/C=C\C/C=C\C/C=C\C/C=C\C/C=C\C/C=C\C/C=C\CCCC(=O)OC(COCCCCCCCC/C=C\CCCCC)COC1OC(COC2OC(CO)C(O)C(O)C2O)C(O)C(O)C1O. The van der Waals surface area contributed by atoms with Crippen LogP contribution >= 0.6 is 0 Å². The minimum atomic E-state index is -1.72. The van der Waals surface area contributed by atoms with Gasteiger partial charge in [0.1, 0.15) is 54.9 Å². The summed E-state index contributed by atoms with van der Waals surface area (Å²) in [5.41, 5.74) is 0. The van der Waals surface area contributed by atoms with E-state index in [4.69, 9.17) is 28.4 Å². The van der Waals surface area contributed by atoms with Crippen molar-refractivity contribution in [1.29, 1.82) is 0 Å². The normalized spacial score (nSPS) is 26.3. The number of carbonyl (C=O) groups is 1. The van der Waals surface area contributed by atoms with Crippen molar-refractivity contribution in [3.63, 3.8) is 0 Å². The van der Waals surface area contributed by atoms with Gasteiger partial charge in [0.2, 0.25) is 0 Å². The maximum atomic E-state index is 13.0. The first-order valence-electron chi connectivity index (χ1n) is 26.3. The third-order valence-electron chi connectivity index (χ3n) is 11.8. The fraction of sp³-hybridized carbons (Fsp3) is 0.696. The van der Waals surface area contributed by atoms with Crippen LogP contribution in [0.1, 0.15) is 149 Å². The summed E-state index contributed by atoms with van der Waals surface area (Å²) in [7, 11) is 0. The monoisotopic (exact) mass is 989 g/mol. The number of esters is 1. The van der Waals surface area contributed by atoms with Crippen molar-refractivity contribution in [2.45, 2.75) is 216 Å². The first-order chi connectivity index (χ1) is 34.1. The van der Waals surface area contributed by atoms with E-state index in [9.17, 15) is 40.5 Å². The number of rotatable bonds is 40. The topological polar surface area (TPSA) is 214 Å². The van der Waals surface area contributed by atoms with Crippen LogP contribution in [0.25, 0.3) is 0 Å². The van der Waals surface area contributed by atoms with Crippen molar-refractivity contribution in [2.75, 3.05) is 33.0 Å². The molecule has 2 aliphatic heterocycles. The second-order valence-electron chi connectivity index (χ2n) is 18.0. The third kappa shape index (κ3) is 29.4. The minimum absolute atomic E-state index is 0.0276. The van der Waals surface area contributed by atoms with Crippen LogP contribution in [0.4, 0.5) is 0 Å². The van der Waals surface area contributed by atoms with Crippen LogP contribution in [-0.2, 0) is 33.2 Å². The fourth-order valence-corrected chi connectivity index (χ4v) is 7.56. The van der Waals surface area contributed by atoms with Crippen molar-refractivity contribution in [1.82, 2.24) is 0 Å². The summed E-state index contributed by atoms with van der Waals surface area (Å²) in [6.45, 7) is 3.43. The van der Waals surface area contributed by atoms with E-state index < -0.39 is 86.7 Å². The van der Waals surface area contributed by atoms with Crippen LogP contribution in [0.2, 0.25) is 0 Å². The third-order valence-corrected chi connectivity index (χ3v) is 11.8. The summed E-state index contributed by atoms with van der Waals surface area (Å²) >= 11 is 0. The van der Waals surface area contributed by atoms with Gasteiger partial charge in [-0.15, -0.1) is 0 Å². The van der Waals surface area contributed by atoms with E-state index in [1.165, 1.54) is 38.5 Å². The highest BCUT2D eigenvalue weighted by molar-refractivity contribution is 5.69. The van der Waals surface area contributed by atoms with Gasteiger partial charge in [0, 0.05) is 13.0 Å². The summed E-state index contributed by atoms with van der Waals surface area (Å²) in [4.78, 5) is 13.0. The summed E-state index contributed by atoms with van der Waals surface area (Å²) in [5.74, 6) is -0.440. The van der Waals surface area contributed by atoms with E-state index in [0.29, 0.717) is 19.4 Å². The van der Waals surface area contributed by atoms with E-state index >= 15 is 0 Å². The van der Waals surface area contributed by atoms with Gasteiger partial charge in [0.05, 0.1) is 26.4 Å². The lowest BCUT2D eigenvalue weighted by Gasteiger charge is -2.42. The first kappa shape index (κ1) is 63.0. The number of unbranched alkanes of at least 4 members (excludes halogenated alkanes) is 10. The van der Waals surface area contributed by atoms with Crippen molar-refractivity contribution >= 4 is 5.97 Å². The standard InChI is InChI=1S/C56H92O14/c1-3-5-7-9-11-13-15-17-18-19-20-21-22-23-24-25-26-27-29-31-33-35-37-39-48(58)68-45(42-65-40-38-36-34-32-30-28-16-14-12-10-8-6-4-2)43-66-55-54(64)52(62)50(60)47(70-55)44-67-56-53(63)51(61)49(59)46(41-57)69-56/h5,7,11-14,17-18,20-21,23-24,26-27,31,33,45-47,49-57,59-64H,3-4,6,8-10,15-16,19,22,25,28-30,32,34-44H2,1-2H3/b7-5-,13-11-,14-12-,18-17-,21-20-,24-23-,27-26-,33-31-. The predicted molar refractivity (Wildman–Crippen MR) is 274 cm³/mol. The quantitative estimate of drug-likeness (QED) is 0.0175. The molecule has 2 fully saturated rings. The molecule has 11 atom stereocenters. The Morgan fingerprint density at radius 2 is 0.929 bits per heavy atom. The molecule has 0 aromatic rings. The van der Waals surface area contributed by atoms with E-state index in [1.54, 1.807) is 0 Å². The number of allylic oxidation sites excluding steroid dienone is 16. The summed E-state index contributed by atoms with van der Waals surface area (Å²) in [6, 6.07) is 0. The molecule has 0 aliphatic carbocycles. The van der Waals surface area contributed by atoms with Gasteiger partial charge in [-0.05, 0) is 89.9 Å². The Morgan fingerprint density at radius 1 is 0.486 bits per heavy atom. The van der Waals surface area contributed by atoms with E-state index in [2.05, 4.69) is 105 Å². The number of carbonyl (C=O) groups excluding carboxylic acids is 1. The van der Waals surface area contributed by atoms with Crippen LogP contribution in [0, 0.1) is 0 Å². The molecule has 2 rings (SSSR count).